The van der Waals surface area contributed by atoms with Crippen molar-refractivity contribution in [1.29, 1.82) is 5.41 Å². The van der Waals surface area contributed by atoms with Crippen LogP contribution in [0.4, 0.5) is 5.82 Å². The van der Waals surface area contributed by atoms with Gasteiger partial charge in [0.1, 0.15) is 24.0 Å². The predicted octanol–water partition coefficient (Wildman–Crippen LogP) is 2.75. The Labute approximate surface area is 191 Å². The quantitative estimate of drug-likeness (QED) is 0.291. The maximum absolute atomic E-state index is 12.7. The number of carbonyl (C=O) groups is 2. The Balaban J connectivity index is 1.69. The molecule has 0 spiro atoms. The van der Waals surface area contributed by atoms with Crippen molar-refractivity contribution in [1.82, 2.24) is 15.2 Å². The number of benzene rings is 2. The number of nitrogen functional groups attached to an aromatic ring is 1. The first-order chi connectivity index (χ1) is 15.7. The maximum Gasteiger partial charge on any atom is 0.303 e. The molecule has 3 rings (SSSR count). The molecule has 0 saturated carbocycles. The lowest BCUT2D eigenvalue weighted by atomic mass is 10.1. The second-order valence-corrected chi connectivity index (χ2v) is 7.81. The van der Waals surface area contributed by atoms with Crippen molar-refractivity contribution < 1.29 is 19.4 Å². The Morgan fingerprint density at radius 1 is 1.15 bits per heavy atom. The highest BCUT2D eigenvalue weighted by Gasteiger charge is 2.17. The fourth-order valence-corrected chi connectivity index (χ4v) is 3.26. The molecule has 1 atom stereocenters. The third-order valence-electron chi connectivity index (χ3n) is 5.13. The fourth-order valence-electron chi connectivity index (χ4n) is 3.26. The highest BCUT2D eigenvalue weighted by Crippen LogP contribution is 2.24. The number of hydrogen-bond donors (Lipinski definition) is 4. The van der Waals surface area contributed by atoms with E-state index in [0.717, 1.165) is 10.8 Å². The average Bonchev–Trinajstić information content (AvgIpc) is 2.80. The van der Waals surface area contributed by atoms with Gasteiger partial charge < -0.3 is 25.8 Å². The summed E-state index contributed by atoms with van der Waals surface area (Å²) in [5.74, 6) is -0.0297. The van der Waals surface area contributed by atoms with E-state index in [4.69, 9.17) is 21.0 Å². The smallest absolute Gasteiger partial charge is 0.303 e. The normalized spacial score (nSPS) is 11.6. The van der Waals surface area contributed by atoms with Gasteiger partial charge in [-0.05, 0) is 42.1 Å². The first kappa shape index (κ1) is 23.5. The molecule has 33 heavy (non-hydrogen) atoms. The second kappa shape index (κ2) is 10.4. The molecule has 9 heteroatoms. The number of nitrogens with one attached hydrogen (secondary N) is 2. The first-order valence-corrected chi connectivity index (χ1v) is 10.4. The molecule has 0 aliphatic heterocycles. The van der Waals surface area contributed by atoms with Gasteiger partial charge in [0.25, 0.3) is 5.91 Å². The number of hydrogen-bond acceptors (Lipinski definition) is 6. The SMILES string of the molecule is CN(C)C(=N)c1ccc(C(=O)N[C@H](CCC(=O)O)COc2ccc3ccnc(N)c3c2)cc1. The molecule has 0 saturated heterocycles. The average molecular weight is 450 g/mol. The zero-order valence-corrected chi connectivity index (χ0v) is 18.5. The number of carboxylic acid groups (broad SMARTS) is 1. The van der Waals surface area contributed by atoms with Crippen molar-refractivity contribution in [3.05, 3.63) is 65.9 Å². The van der Waals surface area contributed by atoms with E-state index in [1.165, 1.54) is 0 Å². The van der Waals surface area contributed by atoms with Crippen molar-refractivity contribution in [2.24, 2.45) is 0 Å². The van der Waals surface area contributed by atoms with Gasteiger partial charge in [0.15, 0.2) is 0 Å². The summed E-state index contributed by atoms with van der Waals surface area (Å²) in [7, 11) is 3.55. The number of nitrogens with two attached hydrogens (primary N) is 1. The maximum atomic E-state index is 12.7. The summed E-state index contributed by atoms with van der Waals surface area (Å²) in [6.07, 6.45) is 1.73. The van der Waals surface area contributed by atoms with E-state index in [0.29, 0.717) is 28.5 Å². The standard InChI is InChI=1S/C24H27N5O4/c1-29(2)23(26)16-3-5-17(6-4-16)24(32)28-18(8-10-21(30)31)14-33-19-9-7-15-11-12-27-22(25)20(15)13-19/h3-7,9,11-13,18,26H,8,10,14H2,1-2H3,(H2,25,27)(H,28,32)(H,30,31)/t18-/m1/s1. The number of aromatic nitrogens is 1. The molecule has 172 valence electrons. The van der Waals surface area contributed by atoms with Gasteiger partial charge in [-0.2, -0.15) is 0 Å². The van der Waals surface area contributed by atoms with Gasteiger partial charge in [0.2, 0.25) is 0 Å². The molecule has 1 amide bonds. The van der Waals surface area contributed by atoms with Gasteiger partial charge in [-0.15, -0.1) is 0 Å². The summed E-state index contributed by atoms with van der Waals surface area (Å²) in [5, 5.41) is 21.6. The topological polar surface area (TPSA) is 142 Å². The summed E-state index contributed by atoms with van der Waals surface area (Å²) < 4.78 is 5.85. The van der Waals surface area contributed by atoms with Gasteiger partial charge in [-0.25, -0.2) is 4.98 Å². The van der Waals surface area contributed by atoms with Gasteiger partial charge in [-0.3, -0.25) is 15.0 Å². The zero-order valence-electron chi connectivity index (χ0n) is 18.5. The van der Waals surface area contributed by atoms with Crippen molar-refractivity contribution in [3.8, 4) is 5.75 Å². The molecule has 0 radical (unpaired) electrons. The van der Waals surface area contributed by atoms with Crippen LogP contribution in [0.1, 0.15) is 28.8 Å². The van der Waals surface area contributed by atoms with Crippen LogP contribution >= 0.6 is 0 Å². The van der Waals surface area contributed by atoms with Crippen molar-refractivity contribution in [2.75, 3.05) is 26.4 Å². The number of rotatable bonds is 9. The Hall–Kier alpha value is -4.14. The molecule has 0 aliphatic carbocycles. The van der Waals surface area contributed by atoms with Crippen LogP contribution in [0, 0.1) is 5.41 Å². The van der Waals surface area contributed by atoms with Crippen LogP contribution in [0.3, 0.4) is 0 Å². The monoisotopic (exact) mass is 449 g/mol. The lowest BCUT2D eigenvalue weighted by Crippen LogP contribution is -2.39. The van der Waals surface area contributed by atoms with E-state index in [-0.39, 0.29) is 25.4 Å². The van der Waals surface area contributed by atoms with Crippen LogP contribution in [0.25, 0.3) is 10.8 Å². The second-order valence-electron chi connectivity index (χ2n) is 7.81. The number of pyridine rings is 1. The van der Waals surface area contributed by atoms with E-state index >= 15 is 0 Å². The molecule has 3 aromatic rings. The summed E-state index contributed by atoms with van der Waals surface area (Å²) in [6, 6.07) is 13.4. The third kappa shape index (κ3) is 6.19. The number of anilines is 1. The largest absolute Gasteiger partial charge is 0.491 e. The van der Waals surface area contributed by atoms with Crippen molar-refractivity contribution in [2.45, 2.75) is 18.9 Å². The molecule has 5 N–H and O–H groups in total. The minimum Gasteiger partial charge on any atom is -0.491 e. The Bertz CT molecular complexity index is 1160. The number of amides is 1. The fraction of sp³-hybridized carbons (Fsp3) is 0.250. The van der Waals surface area contributed by atoms with Crippen LogP contribution in [-0.2, 0) is 4.79 Å². The number of amidine groups is 1. The summed E-state index contributed by atoms with van der Waals surface area (Å²) in [6.45, 7) is 0.0913. The van der Waals surface area contributed by atoms with Gasteiger partial charge in [0, 0.05) is 43.2 Å². The molecule has 0 fully saturated rings. The van der Waals surface area contributed by atoms with E-state index in [1.807, 2.05) is 12.1 Å². The number of carbonyl (C=O) groups excluding carboxylic acids is 1. The van der Waals surface area contributed by atoms with Gasteiger partial charge in [0.05, 0.1) is 6.04 Å². The third-order valence-corrected chi connectivity index (χ3v) is 5.13. The molecule has 1 heterocycles. The predicted molar refractivity (Wildman–Crippen MR) is 127 cm³/mol. The molecule has 0 aliphatic rings. The van der Waals surface area contributed by atoms with Crippen LogP contribution in [-0.4, -0.2) is 59.4 Å². The number of nitrogens with zero attached hydrogens (tertiary/aromatic N) is 2. The summed E-state index contributed by atoms with van der Waals surface area (Å²) >= 11 is 0. The minimum absolute atomic E-state index is 0.0913. The zero-order chi connectivity index (χ0) is 24.0. The van der Waals surface area contributed by atoms with E-state index in [2.05, 4.69) is 10.3 Å². The molecular formula is C24H27N5O4. The Kier molecular flexibility index (Phi) is 7.45. The van der Waals surface area contributed by atoms with Crippen LogP contribution in [0.2, 0.25) is 0 Å². The first-order valence-electron chi connectivity index (χ1n) is 10.4. The molecule has 9 nitrogen and oxygen atoms in total. The number of carboxylic acids is 1. The highest BCUT2D eigenvalue weighted by atomic mass is 16.5. The van der Waals surface area contributed by atoms with Crippen molar-refractivity contribution in [3.63, 3.8) is 0 Å². The molecule has 0 unspecified atom stereocenters. The Morgan fingerprint density at radius 3 is 2.52 bits per heavy atom. The molecule has 1 aromatic heterocycles. The lowest BCUT2D eigenvalue weighted by Gasteiger charge is -2.19. The molecule has 0 bridgehead atoms. The number of ether oxygens (including phenoxy) is 1. The van der Waals surface area contributed by atoms with Crippen molar-refractivity contribution >= 4 is 34.3 Å². The lowest BCUT2D eigenvalue weighted by molar-refractivity contribution is -0.137. The highest BCUT2D eigenvalue weighted by molar-refractivity contribution is 5.98. The van der Waals surface area contributed by atoms with Crippen LogP contribution < -0.4 is 15.8 Å². The van der Waals surface area contributed by atoms with E-state index < -0.39 is 12.0 Å². The molecule has 2 aromatic carbocycles. The molecular weight excluding hydrogens is 422 g/mol. The van der Waals surface area contributed by atoms with E-state index in [1.54, 1.807) is 61.6 Å². The Morgan fingerprint density at radius 2 is 1.85 bits per heavy atom. The van der Waals surface area contributed by atoms with Crippen LogP contribution in [0.15, 0.2) is 54.7 Å². The number of aliphatic carboxylic acids is 1. The van der Waals surface area contributed by atoms with E-state index in [9.17, 15) is 9.59 Å². The summed E-state index contributed by atoms with van der Waals surface area (Å²) in [4.78, 5) is 29.6. The van der Waals surface area contributed by atoms with Crippen LogP contribution in [0.5, 0.6) is 5.75 Å². The minimum atomic E-state index is -0.953. The van der Waals surface area contributed by atoms with Gasteiger partial charge in [-0.1, -0.05) is 18.2 Å². The summed E-state index contributed by atoms with van der Waals surface area (Å²) in [5.41, 5.74) is 7.03. The van der Waals surface area contributed by atoms with Gasteiger partial charge >= 0.3 is 5.97 Å². The number of fused-ring (bicyclic) bond motifs is 1.